The van der Waals surface area contributed by atoms with Gasteiger partial charge in [-0.2, -0.15) is 0 Å². The van der Waals surface area contributed by atoms with E-state index in [1.165, 1.54) is 36.2 Å². The molecule has 0 aliphatic heterocycles. The van der Waals surface area contributed by atoms with Crippen molar-refractivity contribution in [3.8, 4) is 11.1 Å². The molecule has 0 saturated heterocycles. The third-order valence-corrected chi connectivity index (χ3v) is 5.52. The predicted octanol–water partition coefficient (Wildman–Crippen LogP) is 3.84. The molecule has 3 N–H and O–H groups in total. The summed E-state index contributed by atoms with van der Waals surface area (Å²) >= 11 is 0. The summed E-state index contributed by atoms with van der Waals surface area (Å²) in [6.45, 7) is 1.35. The number of carbonyl (C=O) groups is 2. The highest BCUT2D eigenvalue weighted by atomic mass is 32.2. The number of benzene rings is 3. The number of rotatable bonds is 5. The van der Waals surface area contributed by atoms with Gasteiger partial charge in [0.1, 0.15) is 0 Å². The van der Waals surface area contributed by atoms with Crippen LogP contribution in [0.2, 0.25) is 0 Å². The number of hydrogen-bond acceptors (Lipinski definition) is 4. The van der Waals surface area contributed by atoms with E-state index in [4.69, 9.17) is 0 Å². The molecule has 0 aromatic heterocycles. The number of amides is 2. The SMILES string of the molecule is CC(=O)Nc1ccc(NS(C)(=O)=O)c(C(=O)Nc2ccc3c(c2)Cc2ccccc2-3)c1. The maximum Gasteiger partial charge on any atom is 0.257 e. The highest BCUT2D eigenvalue weighted by Gasteiger charge is 2.20. The average molecular weight is 436 g/mol. The second-order valence-corrected chi connectivity index (χ2v) is 9.22. The smallest absolute Gasteiger partial charge is 0.257 e. The Balaban J connectivity index is 1.63. The predicted molar refractivity (Wildman–Crippen MR) is 122 cm³/mol. The standard InChI is InChI=1S/C23H21N3O4S/c1-14(27)24-18-8-10-22(26-31(2,29)30)21(13-18)23(28)25-17-7-9-20-16(12-17)11-15-5-3-4-6-19(15)20/h3-10,12-13,26H,11H2,1-2H3,(H,24,27)(H,25,28). The van der Waals surface area contributed by atoms with Gasteiger partial charge in [0, 0.05) is 18.3 Å². The summed E-state index contributed by atoms with van der Waals surface area (Å²) in [4.78, 5) is 24.4. The molecule has 0 radical (unpaired) electrons. The molecule has 2 amide bonds. The maximum absolute atomic E-state index is 13.0. The van der Waals surface area contributed by atoms with Gasteiger partial charge in [0.25, 0.3) is 5.91 Å². The summed E-state index contributed by atoms with van der Waals surface area (Å²) < 4.78 is 25.8. The molecule has 158 valence electrons. The van der Waals surface area contributed by atoms with Crippen molar-refractivity contribution in [1.82, 2.24) is 0 Å². The van der Waals surface area contributed by atoms with Gasteiger partial charge in [-0.1, -0.05) is 30.3 Å². The number of fused-ring (bicyclic) bond motifs is 3. The van der Waals surface area contributed by atoms with Gasteiger partial charge in [0.15, 0.2) is 0 Å². The van der Waals surface area contributed by atoms with Gasteiger partial charge >= 0.3 is 0 Å². The zero-order valence-corrected chi connectivity index (χ0v) is 17.8. The summed E-state index contributed by atoms with van der Waals surface area (Å²) in [5.41, 5.74) is 5.90. The van der Waals surface area contributed by atoms with Gasteiger partial charge in [0.05, 0.1) is 17.5 Å². The fraction of sp³-hybridized carbons (Fsp3) is 0.130. The number of carbonyl (C=O) groups excluding carboxylic acids is 2. The van der Waals surface area contributed by atoms with Crippen molar-refractivity contribution >= 4 is 38.9 Å². The Kier molecular flexibility index (Phi) is 5.24. The molecule has 0 fully saturated rings. The van der Waals surface area contributed by atoms with Gasteiger partial charge in [0.2, 0.25) is 15.9 Å². The van der Waals surface area contributed by atoms with Crippen LogP contribution < -0.4 is 15.4 Å². The molecule has 0 atom stereocenters. The highest BCUT2D eigenvalue weighted by Crippen LogP contribution is 2.37. The second-order valence-electron chi connectivity index (χ2n) is 7.48. The molecule has 0 unspecified atom stereocenters. The fourth-order valence-electron chi connectivity index (χ4n) is 3.72. The van der Waals surface area contributed by atoms with Crippen LogP contribution >= 0.6 is 0 Å². The van der Waals surface area contributed by atoms with Crippen molar-refractivity contribution in [2.24, 2.45) is 0 Å². The van der Waals surface area contributed by atoms with E-state index in [1.807, 2.05) is 30.3 Å². The van der Waals surface area contributed by atoms with Gasteiger partial charge in [-0.15, -0.1) is 0 Å². The molecular formula is C23H21N3O4S. The summed E-state index contributed by atoms with van der Waals surface area (Å²) in [5.74, 6) is -0.790. The average Bonchev–Trinajstić information content (AvgIpc) is 3.05. The molecule has 0 saturated carbocycles. The van der Waals surface area contributed by atoms with Crippen LogP contribution in [0, 0.1) is 0 Å². The molecule has 0 spiro atoms. The molecular weight excluding hydrogens is 414 g/mol. The van der Waals surface area contributed by atoms with Crippen molar-refractivity contribution in [3.63, 3.8) is 0 Å². The van der Waals surface area contributed by atoms with Crippen molar-refractivity contribution in [1.29, 1.82) is 0 Å². The van der Waals surface area contributed by atoms with Crippen LogP contribution in [0.15, 0.2) is 60.7 Å². The molecule has 3 aromatic carbocycles. The van der Waals surface area contributed by atoms with E-state index >= 15 is 0 Å². The van der Waals surface area contributed by atoms with Crippen LogP contribution in [0.25, 0.3) is 11.1 Å². The van der Waals surface area contributed by atoms with E-state index in [2.05, 4.69) is 27.5 Å². The van der Waals surface area contributed by atoms with Gasteiger partial charge in [-0.25, -0.2) is 8.42 Å². The second kappa shape index (κ2) is 7.88. The summed E-state index contributed by atoms with van der Waals surface area (Å²) in [7, 11) is -3.60. The molecule has 0 bridgehead atoms. The van der Waals surface area contributed by atoms with Gasteiger partial charge in [-0.3, -0.25) is 14.3 Å². The zero-order valence-electron chi connectivity index (χ0n) is 17.0. The Hall–Kier alpha value is -3.65. The van der Waals surface area contributed by atoms with Gasteiger partial charge in [-0.05, 0) is 59.0 Å². The lowest BCUT2D eigenvalue weighted by Crippen LogP contribution is -2.18. The van der Waals surface area contributed by atoms with E-state index in [1.54, 1.807) is 0 Å². The first-order valence-electron chi connectivity index (χ1n) is 9.61. The molecule has 0 heterocycles. The lowest BCUT2D eigenvalue weighted by atomic mass is 10.1. The third kappa shape index (κ3) is 4.59. The number of nitrogens with one attached hydrogen (secondary N) is 3. The Morgan fingerprint density at radius 2 is 1.52 bits per heavy atom. The van der Waals surface area contributed by atoms with Crippen LogP contribution in [-0.4, -0.2) is 26.5 Å². The van der Waals surface area contributed by atoms with Crippen LogP contribution in [0.4, 0.5) is 17.1 Å². The first kappa shape index (κ1) is 20.6. The lowest BCUT2D eigenvalue weighted by Gasteiger charge is -2.14. The number of anilines is 3. The lowest BCUT2D eigenvalue weighted by molar-refractivity contribution is -0.114. The fourth-order valence-corrected chi connectivity index (χ4v) is 4.30. The summed E-state index contributed by atoms with van der Waals surface area (Å²) in [6.07, 6.45) is 1.79. The van der Waals surface area contributed by atoms with Crippen molar-refractivity contribution in [2.45, 2.75) is 13.3 Å². The molecule has 1 aliphatic carbocycles. The minimum atomic E-state index is -3.60. The molecule has 8 heteroatoms. The topological polar surface area (TPSA) is 104 Å². The van der Waals surface area contributed by atoms with Crippen molar-refractivity contribution < 1.29 is 18.0 Å². The van der Waals surface area contributed by atoms with Crippen LogP contribution in [0.5, 0.6) is 0 Å². The van der Waals surface area contributed by atoms with Crippen molar-refractivity contribution in [2.75, 3.05) is 21.6 Å². The first-order chi connectivity index (χ1) is 14.7. The van der Waals surface area contributed by atoms with Crippen LogP contribution in [0.1, 0.15) is 28.4 Å². The molecule has 1 aliphatic rings. The quantitative estimate of drug-likeness (QED) is 0.443. The van der Waals surface area contributed by atoms with Gasteiger partial charge < -0.3 is 10.6 Å². The number of sulfonamides is 1. The summed E-state index contributed by atoms with van der Waals surface area (Å²) in [5, 5.41) is 5.44. The Morgan fingerprint density at radius 1 is 0.839 bits per heavy atom. The Morgan fingerprint density at radius 3 is 2.26 bits per heavy atom. The molecule has 3 aromatic rings. The van der Waals surface area contributed by atoms with E-state index in [0.29, 0.717) is 11.4 Å². The zero-order chi connectivity index (χ0) is 22.2. The minimum Gasteiger partial charge on any atom is -0.326 e. The first-order valence-corrected chi connectivity index (χ1v) is 11.5. The third-order valence-electron chi connectivity index (χ3n) is 4.93. The minimum absolute atomic E-state index is 0.0976. The van der Waals surface area contributed by atoms with E-state index in [-0.39, 0.29) is 17.2 Å². The Labute approximate surface area is 180 Å². The summed E-state index contributed by atoms with van der Waals surface area (Å²) in [6, 6.07) is 18.3. The van der Waals surface area contributed by atoms with E-state index < -0.39 is 15.9 Å². The van der Waals surface area contributed by atoms with Crippen LogP contribution in [0.3, 0.4) is 0 Å². The monoisotopic (exact) mass is 435 g/mol. The maximum atomic E-state index is 13.0. The van der Waals surface area contributed by atoms with Crippen LogP contribution in [-0.2, 0) is 21.2 Å². The normalized spacial score (nSPS) is 11.9. The highest BCUT2D eigenvalue weighted by molar-refractivity contribution is 7.92. The van der Waals surface area contributed by atoms with E-state index in [0.717, 1.165) is 23.8 Å². The molecule has 31 heavy (non-hydrogen) atoms. The molecule has 7 nitrogen and oxygen atoms in total. The van der Waals surface area contributed by atoms with E-state index in [9.17, 15) is 18.0 Å². The molecule has 4 rings (SSSR count). The Bertz CT molecular complexity index is 1320. The number of hydrogen-bond donors (Lipinski definition) is 3. The van der Waals surface area contributed by atoms with Crippen molar-refractivity contribution in [3.05, 3.63) is 77.4 Å². The largest absolute Gasteiger partial charge is 0.326 e.